The quantitative estimate of drug-likeness (QED) is 0.558. The highest BCUT2D eigenvalue weighted by molar-refractivity contribution is 6.29. The van der Waals surface area contributed by atoms with Gasteiger partial charge in [0.1, 0.15) is 17.0 Å². The molecule has 8 nitrogen and oxygen atoms in total. The van der Waals surface area contributed by atoms with Crippen molar-refractivity contribution >= 4 is 23.4 Å². The zero-order valence-electron chi connectivity index (χ0n) is 17.3. The van der Waals surface area contributed by atoms with Crippen LogP contribution in [0.15, 0.2) is 30.9 Å². The number of ether oxygens (including phenoxy) is 2. The molecule has 164 valence electrons. The SMILES string of the molecule is C=CC(=O)N1CCO[C@H](c2cc(Cl)nc(-c3cc(C(=O)NC)nc(F)c3OC)c2)[C@H]1C. The van der Waals surface area contributed by atoms with Crippen molar-refractivity contribution in [3.63, 3.8) is 0 Å². The average molecular weight is 449 g/mol. The molecule has 1 fully saturated rings. The third-order valence-electron chi connectivity index (χ3n) is 5.03. The Kier molecular flexibility index (Phi) is 6.87. The summed E-state index contributed by atoms with van der Waals surface area (Å²) >= 11 is 6.27. The number of nitrogens with zero attached hydrogens (tertiary/aromatic N) is 3. The summed E-state index contributed by atoms with van der Waals surface area (Å²) in [5.41, 5.74) is 0.989. The minimum atomic E-state index is -0.952. The first-order valence-electron chi connectivity index (χ1n) is 9.49. The van der Waals surface area contributed by atoms with Crippen LogP contribution in [-0.4, -0.2) is 60.0 Å². The van der Waals surface area contributed by atoms with Crippen molar-refractivity contribution < 1.29 is 23.5 Å². The number of carbonyl (C=O) groups is 2. The molecule has 2 aromatic heterocycles. The number of hydrogen-bond donors (Lipinski definition) is 1. The van der Waals surface area contributed by atoms with Gasteiger partial charge in [-0.05, 0) is 36.8 Å². The highest BCUT2D eigenvalue weighted by Gasteiger charge is 2.33. The lowest BCUT2D eigenvalue weighted by Gasteiger charge is -2.39. The molecule has 10 heteroatoms. The van der Waals surface area contributed by atoms with Crippen LogP contribution in [-0.2, 0) is 9.53 Å². The molecule has 2 atom stereocenters. The summed E-state index contributed by atoms with van der Waals surface area (Å²) in [4.78, 5) is 33.8. The highest BCUT2D eigenvalue weighted by Crippen LogP contribution is 2.36. The van der Waals surface area contributed by atoms with Gasteiger partial charge in [-0.3, -0.25) is 9.59 Å². The van der Waals surface area contributed by atoms with Gasteiger partial charge >= 0.3 is 0 Å². The first kappa shape index (κ1) is 22.6. The molecule has 1 aliphatic rings. The Hall–Kier alpha value is -3.04. The normalized spacial score (nSPS) is 18.4. The maximum Gasteiger partial charge on any atom is 0.269 e. The summed E-state index contributed by atoms with van der Waals surface area (Å²) in [5.74, 6) is -1.89. The minimum Gasteiger partial charge on any atom is -0.491 e. The third-order valence-corrected chi connectivity index (χ3v) is 5.23. The van der Waals surface area contributed by atoms with Crippen LogP contribution in [0.1, 0.15) is 29.1 Å². The molecular formula is C21H22ClFN4O4. The van der Waals surface area contributed by atoms with Gasteiger partial charge in [-0.1, -0.05) is 18.2 Å². The van der Waals surface area contributed by atoms with Crippen molar-refractivity contribution in [1.82, 2.24) is 20.2 Å². The van der Waals surface area contributed by atoms with Gasteiger partial charge in [-0.25, -0.2) is 9.97 Å². The van der Waals surface area contributed by atoms with E-state index in [1.54, 1.807) is 17.0 Å². The number of methoxy groups -OCH3 is 1. The molecule has 0 unspecified atom stereocenters. The van der Waals surface area contributed by atoms with E-state index in [1.165, 1.54) is 26.3 Å². The van der Waals surface area contributed by atoms with E-state index in [0.29, 0.717) is 18.7 Å². The van der Waals surface area contributed by atoms with Crippen molar-refractivity contribution in [2.24, 2.45) is 0 Å². The second-order valence-electron chi connectivity index (χ2n) is 6.83. The Bertz CT molecular complexity index is 1030. The van der Waals surface area contributed by atoms with Crippen LogP contribution in [0.4, 0.5) is 4.39 Å². The van der Waals surface area contributed by atoms with Crippen molar-refractivity contribution in [3.8, 4) is 17.0 Å². The third kappa shape index (κ3) is 4.52. The zero-order valence-corrected chi connectivity index (χ0v) is 18.1. The van der Waals surface area contributed by atoms with E-state index in [9.17, 15) is 14.0 Å². The van der Waals surface area contributed by atoms with Gasteiger partial charge in [0.2, 0.25) is 5.91 Å². The van der Waals surface area contributed by atoms with Crippen LogP contribution in [0.2, 0.25) is 5.15 Å². The van der Waals surface area contributed by atoms with Crippen LogP contribution < -0.4 is 10.1 Å². The molecule has 0 radical (unpaired) electrons. The summed E-state index contributed by atoms with van der Waals surface area (Å²) in [5, 5.41) is 2.54. The van der Waals surface area contributed by atoms with E-state index in [0.717, 1.165) is 0 Å². The van der Waals surface area contributed by atoms with Crippen LogP contribution in [0.25, 0.3) is 11.3 Å². The molecule has 2 aromatic rings. The molecule has 3 rings (SSSR count). The highest BCUT2D eigenvalue weighted by atomic mass is 35.5. The lowest BCUT2D eigenvalue weighted by atomic mass is 9.99. The minimum absolute atomic E-state index is 0.135. The fourth-order valence-electron chi connectivity index (χ4n) is 3.54. The Morgan fingerprint density at radius 3 is 2.77 bits per heavy atom. The molecule has 2 amide bonds. The van der Waals surface area contributed by atoms with Gasteiger partial charge in [-0.2, -0.15) is 4.39 Å². The molecule has 31 heavy (non-hydrogen) atoms. The van der Waals surface area contributed by atoms with E-state index in [-0.39, 0.29) is 39.8 Å². The maximum atomic E-state index is 14.5. The Labute approximate surface area is 184 Å². The number of aromatic nitrogens is 2. The molecule has 0 aliphatic carbocycles. The largest absolute Gasteiger partial charge is 0.491 e. The van der Waals surface area contributed by atoms with E-state index in [4.69, 9.17) is 21.1 Å². The topological polar surface area (TPSA) is 93.7 Å². The van der Waals surface area contributed by atoms with Crippen LogP contribution in [0.3, 0.4) is 0 Å². The number of amides is 2. The monoisotopic (exact) mass is 448 g/mol. The Morgan fingerprint density at radius 1 is 1.39 bits per heavy atom. The summed E-state index contributed by atoms with van der Waals surface area (Å²) in [6.07, 6.45) is 0.766. The molecule has 1 N–H and O–H groups in total. The molecule has 1 saturated heterocycles. The van der Waals surface area contributed by atoms with Gasteiger partial charge in [0.25, 0.3) is 11.9 Å². The van der Waals surface area contributed by atoms with E-state index < -0.39 is 18.0 Å². The summed E-state index contributed by atoms with van der Waals surface area (Å²) < 4.78 is 25.6. The second-order valence-corrected chi connectivity index (χ2v) is 7.22. The summed E-state index contributed by atoms with van der Waals surface area (Å²) in [7, 11) is 2.71. The van der Waals surface area contributed by atoms with Crippen molar-refractivity contribution in [2.75, 3.05) is 27.3 Å². The zero-order chi connectivity index (χ0) is 22.7. The lowest BCUT2D eigenvalue weighted by Crippen LogP contribution is -2.48. The molecule has 0 aromatic carbocycles. The number of carbonyl (C=O) groups excluding carboxylic acids is 2. The van der Waals surface area contributed by atoms with Crippen molar-refractivity contribution in [2.45, 2.75) is 19.1 Å². The van der Waals surface area contributed by atoms with Crippen LogP contribution in [0, 0.1) is 5.95 Å². The van der Waals surface area contributed by atoms with E-state index in [1.807, 2.05) is 6.92 Å². The molecular weight excluding hydrogens is 427 g/mol. The van der Waals surface area contributed by atoms with Gasteiger partial charge in [-0.15, -0.1) is 0 Å². The lowest BCUT2D eigenvalue weighted by molar-refractivity contribution is -0.140. The summed E-state index contributed by atoms with van der Waals surface area (Å²) in [6, 6.07) is 4.36. The number of pyridine rings is 2. The molecule has 0 spiro atoms. The van der Waals surface area contributed by atoms with Crippen LogP contribution in [0.5, 0.6) is 5.75 Å². The molecule has 3 heterocycles. The standard InChI is InChI=1S/C21H22ClFN4O4/c1-5-17(28)27-6-7-31-18(11(27)2)12-8-14(25-16(22)9-12)13-10-15(21(29)24-3)26-20(23)19(13)30-4/h5,8-11,18H,1,6-7H2,2-4H3,(H,24,29)/t11-,18+/m1/s1. The number of nitrogens with one attached hydrogen (secondary N) is 1. The number of halogens is 2. The second kappa shape index (κ2) is 9.40. The number of hydrogen-bond acceptors (Lipinski definition) is 6. The maximum absolute atomic E-state index is 14.5. The van der Waals surface area contributed by atoms with Gasteiger partial charge in [0.15, 0.2) is 5.75 Å². The van der Waals surface area contributed by atoms with Crippen molar-refractivity contribution in [1.29, 1.82) is 0 Å². The van der Waals surface area contributed by atoms with Gasteiger partial charge in [0.05, 0.1) is 25.5 Å². The van der Waals surface area contributed by atoms with Crippen molar-refractivity contribution in [3.05, 3.63) is 53.2 Å². The fraction of sp³-hybridized carbons (Fsp3) is 0.333. The van der Waals surface area contributed by atoms with E-state index in [2.05, 4.69) is 21.9 Å². The number of rotatable bonds is 5. The van der Waals surface area contributed by atoms with Crippen LogP contribution >= 0.6 is 11.6 Å². The first-order valence-corrected chi connectivity index (χ1v) is 9.87. The molecule has 0 bridgehead atoms. The van der Waals surface area contributed by atoms with Gasteiger partial charge < -0.3 is 19.7 Å². The van der Waals surface area contributed by atoms with E-state index >= 15 is 0 Å². The average Bonchev–Trinajstić information content (AvgIpc) is 2.77. The Balaban J connectivity index is 2.10. The first-order chi connectivity index (χ1) is 14.8. The molecule has 0 saturated carbocycles. The van der Waals surface area contributed by atoms with Gasteiger partial charge in [0, 0.05) is 19.2 Å². The smallest absolute Gasteiger partial charge is 0.269 e. The Morgan fingerprint density at radius 2 is 2.13 bits per heavy atom. The molecule has 1 aliphatic heterocycles. The summed E-state index contributed by atoms with van der Waals surface area (Å²) in [6.45, 7) is 6.17. The predicted octanol–water partition coefficient (Wildman–Crippen LogP) is 2.78. The fourth-order valence-corrected chi connectivity index (χ4v) is 3.75. The predicted molar refractivity (Wildman–Crippen MR) is 112 cm³/mol. The number of morpholine rings is 1.